The van der Waals surface area contributed by atoms with Gasteiger partial charge in [0.05, 0.1) is 6.54 Å². The number of aromatic nitrogens is 1. The lowest BCUT2D eigenvalue weighted by Gasteiger charge is -2.02. The molecular weight excluding hydrogens is 349 g/mol. The van der Waals surface area contributed by atoms with Crippen molar-refractivity contribution in [3.05, 3.63) is 33.0 Å². The maximum absolute atomic E-state index is 4.50. The van der Waals surface area contributed by atoms with Gasteiger partial charge in [-0.25, -0.2) is 0 Å². The zero-order chi connectivity index (χ0) is 11.1. The summed E-state index contributed by atoms with van der Waals surface area (Å²) >= 11 is 2.34. The highest BCUT2D eigenvalue weighted by atomic mass is 127. The molecule has 1 aromatic heterocycles. The molecule has 0 spiro atoms. The van der Waals surface area contributed by atoms with E-state index in [4.69, 9.17) is 0 Å². The number of rotatable bonds is 1. The fourth-order valence-electron chi connectivity index (χ4n) is 2.17. The van der Waals surface area contributed by atoms with Gasteiger partial charge in [-0.15, -0.1) is 12.4 Å². The molecule has 2 N–H and O–H groups in total. The van der Waals surface area contributed by atoms with Crippen LogP contribution in [0.15, 0.2) is 23.2 Å². The molecule has 17 heavy (non-hydrogen) atoms. The van der Waals surface area contributed by atoms with Crippen LogP contribution in [-0.4, -0.2) is 23.9 Å². The molecule has 5 heteroatoms. The Morgan fingerprint density at radius 2 is 2.18 bits per heavy atom. The lowest BCUT2D eigenvalue weighted by molar-refractivity contribution is 0.960. The monoisotopic (exact) mass is 361 g/mol. The van der Waals surface area contributed by atoms with Gasteiger partial charge in [-0.1, -0.05) is 0 Å². The van der Waals surface area contributed by atoms with E-state index in [2.05, 4.69) is 63.0 Å². The van der Waals surface area contributed by atoms with Gasteiger partial charge >= 0.3 is 0 Å². The van der Waals surface area contributed by atoms with Gasteiger partial charge in [0.15, 0.2) is 0 Å². The van der Waals surface area contributed by atoms with Crippen LogP contribution in [0.5, 0.6) is 0 Å². The minimum absolute atomic E-state index is 0. The average molecular weight is 362 g/mol. The first-order valence-electron chi connectivity index (χ1n) is 5.32. The molecule has 0 bridgehead atoms. The zero-order valence-electron chi connectivity index (χ0n) is 9.38. The van der Waals surface area contributed by atoms with Crippen LogP contribution in [0.2, 0.25) is 0 Å². The molecule has 0 atom stereocenters. The summed E-state index contributed by atoms with van der Waals surface area (Å²) in [5, 5.41) is 4.60. The summed E-state index contributed by atoms with van der Waals surface area (Å²) < 4.78 is 1.25. The van der Waals surface area contributed by atoms with Crippen molar-refractivity contribution < 1.29 is 0 Å². The molecule has 0 radical (unpaired) electrons. The molecule has 1 aliphatic heterocycles. The smallest absolute Gasteiger partial charge is 0.130 e. The number of hydrogen-bond donors (Lipinski definition) is 2. The number of H-pyrrole nitrogens is 1. The fourth-order valence-corrected chi connectivity index (χ4v) is 2.66. The summed E-state index contributed by atoms with van der Waals surface area (Å²) in [6.07, 6.45) is 0. The molecule has 3 rings (SSSR count). The Balaban J connectivity index is 0.00000108. The zero-order valence-corrected chi connectivity index (χ0v) is 12.4. The van der Waals surface area contributed by atoms with Crippen LogP contribution in [0.4, 0.5) is 0 Å². The molecule has 0 saturated carbocycles. The van der Waals surface area contributed by atoms with Crippen molar-refractivity contribution in [1.82, 2.24) is 10.3 Å². The number of aryl methyl sites for hydroxylation is 1. The predicted molar refractivity (Wildman–Crippen MR) is 82.4 cm³/mol. The van der Waals surface area contributed by atoms with E-state index >= 15 is 0 Å². The van der Waals surface area contributed by atoms with Crippen LogP contribution in [0.1, 0.15) is 11.3 Å². The van der Waals surface area contributed by atoms with E-state index < -0.39 is 0 Å². The quantitative estimate of drug-likeness (QED) is 0.754. The second-order valence-electron chi connectivity index (χ2n) is 3.97. The Labute approximate surface area is 120 Å². The van der Waals surface area contributed by atoms with Crippen molar-refractivity contribution in [2.45, 2.75) is 6.92 Å². The molecule has 90 valence electrons. The van der Waals surface area contributed by atoms with Gasteiger partial charge in [-0.3, -0.25) is 4.99 Å². The van der Waals surface area contributed by atoms with Crippen LogP contribution < -0.4 is 5.32 Å². The highest BCUT2D eigenvalue weighted by molar-refractivity contribution is 14.1. The van der Waals surface area contributed by atoms with Gasteiger partial charge in [0.2, 0.25) is 0 Å². The average Bonchev–Trinajstić information content (AvgIpc) is 2.83. The maximum atomic E-state index is 4.50. The molecule has 1 aliphatic rings. The number of benzene rings is 1. The maximum Gasteiger partial charge on any atom is 0.130 e. The van der Waals surface area contributed by atoms with Crippen molar-refractivity contribution in [2.24, 2.45) is 4.99 Å². The van der Waals surface area contributed by atoms with Gasteiger partial charge < -0.3 is 10.3 Å². The van der Waals surface area contributed by atoms with Gasteiger partial charge in [0.25, 0.3) is 0 Å². The van der Waals surface area contributed by atoms with E-state index in [9.17, 15) is 0 Å². The fraction of sp³-hybridized carbons (Fsp3) is 0.250. The number of hydrogen-bond acceptors (Lipinski definition) is 2. The van der Waals surface area contributed by atoms with Crippen LogP contribution >= 0.6 is 35.0 Å². The van der Waals surface area contributed by atoms with Crippen molar-refractivity contribution in [3.8, 4) is 0 Å². The summed E-state index contributed by atoms with van der Waals surface area (Å²) in [6.45, 7) is 3.93. The first-order chi connectivity index (χ1) is 7.75. The van der Waals surface area contributed by atoms with Gasteiger partial charge in [0.1, 0.15) is 5.84 Å². The Bertz CT molecular complexity index is 589. The van der Waals surface area contributed by atoms with Crippen molar-refractivity contribution in [2.75, 3.05) is 13.1 Å². The van der Waals surface area contributed by atoms with Crippen molar-refractivity contribution in [3.63, 3.8) is 0 Å². The molecule has 1 aromatic carbocycles. The third-order valence-corrected chi connectivity index (χ3v) is 3.53. The number of aliphatic imine (C=N–C) groups is 1. The van der Waals surface area contributed by atoms with E-state index in [1.54, 1.807) is 0 Å². The topological polar surface area (TPSA) is 40.2 Å². The SMILES string of the molecule is Cc1[nH]c2ccc(I)cc2c1C1=NCCN1.Cl. The molecule has 0 saturated heterocycles. The Kier molecular flexibility index (Phi) is 3.63. The Morgan fingerprint density at radius 3 is 2.88 bits per heavy atom. The summed E-state index contributed by atoms with van der Waals surface area (Å²) in [5.41, 5.74) is 3.60. The number of amidine groups is 1. The summed E-state index contributed by atoms with van der Waals surface area (Å²) in [6, 6.07) is 6.45. The lowest BCUT2D eigenvalue weighted by Crippen LogP contribution is -2.19. The van der Waals surface area contributed by atoms with E-state index in [1.807, 2.05) is 0 Å². The van der Waals surface area contributed by atoms with Crippen molar-refractivity contribution in [1.29, 1.82) is 0 Å². The van der Waals surface area contributed by atoms with Gasteiger partial charge in [-0.2, -0.15) is 0 Å². The minimum atomic E-state index is 0. The standard InChI is InChI=1S/C12H12IN3.ClH/c1-7-11(12-14-4-5-15-12)9-6-8(13)2-3-10(9)16-7;/h2-3,6,16H,4-5H2,1H3,(H,14,15);1H. The second kappa shape index (κ2) is 4.86. The Morgan fingerprint density at radius 1 is 1.35 bits per heavy atom. The third-order valence-electron chi connectivity index (χ3n) is 2.86. The van der Waals surface area contributed by atoms with Gasteiger partial charge in [-0.05, 0) is 47.7 Å². The molecule has 0 amide bonds. The molecule has 2 heterocycles. The second-order valence-corrected chi connectivity index (χ2v) is 5.22. The van der Waals surface area contributed by atoms with Crippen LogP contribution in [0, 0.1) is 10.5 Å². The summed E-state index contributed by atoms with van der Waals surface area (Å²) in [7, 11) is 0. The van der Waals surface area contributed by atoms with Crippen LogP contribution in [0.25, 0.3) is 10.9 Å². The van der Waals surface area contributed by atoms with Gasteiger partial charge in [0, 0.05) is 32.3 Å². The molecule has 0 fully saturated rings. The molecule has 2 aromatic rings. The summed E-state index contributed by atoms with van der Waals surface area (Å²) in [5.74, 6) is 1.03. The van der Waals surface area contributed by atoms with E-state index in [0.29, 0.717) is 0 Å². The number of fused-ring (bicyclic) bond motifs is 1. The predicted octanol–water partition coefficient (Wildman–Crippen LogP) is 2.85. The third kappa shape index (κ3) is 2.15. The lowest BCUT2D eigenvalue weighted by atomic mass is 10.1. The first-order valence-corrected chi connectivity index (χ1v) is 6.40. The van der Waals surface area contributed by atoms with Crippen molar-refractivity contribution >= 4 is 51.7 Å². The molecular formula is C12H13ClIN3. The first kappa shape index (κ1) is 12.7. The highest BCUT2D eigenvalue weighted by Gasteiger charge is 2.16. The van der Waals surface area contributed by atoms with Crippen LogP contribution in [0.3, 0.4) is 0 Å². The Hall–Kier alpha value is -0.750. The molecule has 3 nitrogen and oxygen atoms in total. The minimum Gasteiger partial charge on any atom is -0.368 e. The number of nitrogens with zero attached hydrogens (tertiary/aromatic N) is 1. The van der Waals surface area contributed by atoms with E-state index in [-0.39, 0.29) is 12.4 Å². The number of halogens is 2. The molecule has 0 aliphatic carbocycles. The number of aromatic amines is 1. The van der Waals surface area contributed by atoms with E-state index in [0.717, 1.165) is 18.9 Å². The largest absolute Gasteiger partial charge is 0.368 e. The van der Waals surface area contributed by atoms with E-state index in [1.165, 1.54) is 25.7 Å². The van der Waals surface area contributed by atoms with Crippen LogP contribution in [-0.2, 0) is 0 Å². The normalized spacial score (nSPS) is 14.4. The summed E-state index contributed by atoms with van der Waals surface area (Å²) in [4.78, 5) is 7.91. The molecule has 0 unspecified atom stereocenters. The highest BCUT2D eigenvalue weighted by Crippen LogP contribution is 2.24. The number of nitrogens with one attached hydrogen (secondary N) is 2.